The molecular weight excluding hydrogens is 122 g/mol. The quantitative estimate of drug-likeness (QED) is 0.458. The van der Waals surface area contributed by atoms with Gasteiger partial charge in [0.15, 0.2) is 0 Å². The predicted molar refractivity (Wildman–Crippen MR) is 47.2 cm³/mol. The van der Waals surface area contributed by atoms with Crippen LogP contribution < -0.4 is 5.32 Å². The van der Waals surface area contributed by atoms with Crippen molar-refractivity contribution in [2.24, 2.45) is 0 Å². The first-order chi connectivity index (χ1) is 4.81. The van der Waals surface area contributed by atoms with Crippen molar-refractivity contribution in [1.82, 2.24) is 5.32 Å². The summed E-state index contributed by atoms with van der Waals surface area (Å²) >= 11 is 0. The van der Waals surface area contributed by atoms with Crippen molar-refractivity contribution >= 4 is 0 Å². The Hall–Kier alpha value is -0.300. The standard InChI is InChI=1S/C9H19N/c1-4-6-9(3)7-8-10-5-2/h6,10H,4-5,7-8H2,1-3H3/b9-6+. The van der Waals surface area contributed by atoms with Gasteiger partial charge in [-0.1, -0.05) is 25.5 Å². The Labute approximate surface area is 64.5 Å². The maximum atomic E-state index is 3.30. The number of hydrogen-bond donors (Lipinski definition) is 1. The Morgan fingerprint density at radius 1 is 1.40 bits per heavy atom. The molecule has 0 spiro atoms. The van der Waals surface area contributed by atoms with Crippen LogP contribution in [0.5, 0.6) is 0 Å². The maximum Gasteiger partial charge on any atom is -0.00118 e. The molecule has 0 bridgehead atoms. The SMILES string of the molecule is CC/C=C(\C)CCNCC. The van der Waals surface area contributed by atoms with Gasteiger partial charge in [0.05, 0.1) is 0 Å². The third-order valence-electron chi connectivity index (χ3n) is 1.50. The number of rotatable bonds is 5. The van der Waals surface area contributed by atoms with E-state index in [0.717, 1.165) is 19.5 Å². The molecule has 0 radical (unpaired) electrons. The van der Waals surface area contributed by atoms with Gasteiger partial charge in [0.25, 0.3) is 0 Å². The molecule has 0 fully saturated rings. The van der Waals surface area contributed by atoms with E-state index >= 15 is 0 Å². The van der Waals surface area contributed by atoms with Crippen LogP contribution in [0, 0.1) is 0 Å². The third kappa shape index (κ3) is 5.83. The summed E-state index contributed by atoms with van der Waals surface area (Å²) in [5, 5.41) is 3.30. The van der Waals surface area contributed by atoms with Gasteiger partial charge < -0.3 is 5.32 Å². The molecule has 0 aromatic rings. The molecule has 0 saturated heterocycles. The number of nitrogens with one attached hydrogen (secondary N) is 1. The molecule has 0 saturated carbocycles. The molecule has 0 aliphatic carbocycles. The van der Waals surface area contributed by atoms with Gasteiger partial charge in [-0.2, -0.15) is 0 Å². The second-order valence-electron chi connectivity index (χ2n) is 2.56. The highest BCUT2D eigenvalue weighted by Crippen LogP contribution is 1.98. The van der Waals surface area contributed by atoms with Crippen molar-refractivity contribution in [1.29, 1.82) is 0 Å². The highest BCUT2D eigenvalue weighted by Gasteiger charge is 1.86. The summed E-state index contributed by atoms with van der Waals surface area (Å²) in [6, 6.07) is 0. The first-order valence-corrected chi connectivity index (χ1v) is 4.17. The van der Waals surface area contributed by atoms with Crippen LogP contribution in [0.4, 0.5) is 0 Å². The molecule has 0 rings (SSSR count). The zero-order valence-electron chi connectivity index (χ0n) is 7.41. The van der Waals surface area contributed by atoms with Crippen LogP contribution in [0.25, 0.3) is 0 Å². The molecule has 0 aliphatic rings. The van der Waals surface area contributed by atoms with E-state index in [-0.39, 0.29) is 0 Å². The van der Waals surface area contributed by atoms with Crippen LogP contribution in [-0.2, 0) is 0 Å². The first kappa shape index (κ1) is 9.70. The van der Waals surface area contributed by atoms with E-state index < -0.39 is 0 Å². The minimum absolute atomic E-state index is 1.08. The smallest absolute Gasteiger partial charge is 0.00118 e. The molecule has 0 atom stereocenters. The van der Waals surface area contributed by atoms with Gasteiger partial charge in [-0.25, -0.2) is 0 Å². The molecule has 0 unspecified atom stereocenters. The van der Waals surface area contributed by atoms with E-state index in [0.29, 0.717) is 0 Å². The fraction of sp³-hybridized carbons (Fsp3) is 0.778. The summed E-state index contributed by atoms with van der Waals surface area (Å²) in [6.45, 7) is 8.72. The maximum absolute atomic E-state index is 3.30. The lowest BCUT2D eigenvalue weighted by Crippen LogP contribution is -2.13. The second-order valence-corrected chi connectivity index (χ2v) is 2.56. The van der Waals surface area contributed by atoms with Crippen molar-refractivity contribution < 1.29 is 0 Å². The average molecular weight is 141 g/mol. The van der Waals surface area contributed by atoms with E-state index in [4.69, 9.17) is 0 Å². The predicted octanol–water partition coefficient (Wildman–Crippen LogP) is 2.34. The van der Waals surface area contributed by atoms with E-state index in [1.54, 1.807) is 0 Å². The fourth-order valence-corrected chi connectivity index (χ4v) is 0.913. The van der Waals surface area contributed by atoms with E-state index in [1.807, 2.05) is 0 Å². The molecule has 1 N–H and O–H groups in total. The van der Waals surface area contributed by atoms with Gasteiger partial charge in [0.2, 0.25) is 0 Å². The van der Waals surface area contributed by atoms with Crippen molar-refractivity contribution in [3.63, 3.8) is 0 Å². The van der Waals surface area contributed by atoms with E-state index in [9.17, 15) is 0 Å². The van der Waals surface area contributed by atoms with Crippen LogP contribution >= 0.6 is 0 Å². The zero-order valence-corrected chi connectivity index (χ0v) is 7.41. The van der Waals surface area contributed by atoms with Gasteiger partial charge in [0, 0.05) is 0 Å². The minimum Gasteiger partial charge on any atom is -0.317 e. The minimum atomic E-state index is 1.08. The second kappa shape index (κ2) is 6.81. The average Bonchev–Trinajstić information content (AvgIpc) is 1.89. The van der Waals surface area contributed by atoms with Crippen LogP contribution in [0.15, 0.2) is 11.6 Å². The van der Waals surface area contributed by atoms with Crippen LogP contribution in [0.1, 0.15) is 33.6 Å². The molecule has 10 heavy (non-hydrogen) atoms. The van der Waals surface area contributed by atoms with Crippen molar-refractivity contribution in [2.45, 2.75) is 33.6 Å². The molecular formula is C9H19N. The molecule has 1 heteroatoms. The Kier molecular flexibility index (Phi) is 6.61. The van der Waals surface area contributed by atoms with Crippen LogP contribution in [0.3, 0.4) is 0 Å². The monoisotopic (exact) mass is 141 g/mol. The summed E-state index contributed by atoms with van der Waals surface area (Å²) in [5.41, 5.74) is 1.50. The normalized spacial score (nSPS) is 12.1. The largest absolute Gasteiger partial charge is 0.317 e. The lowest BCUT2D eigenvalue weighted by Gasteiger charge is -2.00. The summed E-state index contributed by atoms with van der Waals surface area (Å²) in [7, 11) is 0. The summed E-state index contributed by atoms with van der Waals surface area (Å²) in [5.74, 6) is 0. The lowest BCUT2D eigenvalue weighted by molar-refractivity contribution is 0.711. The molecule has 0 amide bonds. The van der Waals surface area contributed by atoms with E-state index in [1.165, 1.54) is 12.0 Å². The first-order valence-electron chi connectivity index (χ1n) is 4.17. The molecule has 60 valence electrons. The third-order valence-corrected chi connectivity index (χ3v) is 1.50. The topological polar surface area (TPSA) is 12.0 Å². The summed E-state index contributed by atoms with van der Waals surface area (Å²) < 4.78 is 0. The lowest BCUT2D eigenvalue weighted by atomic mass is 10.2. The molecule has 0 heterocycles. The Balaban J connectivity index is 3.21. The van der Waals surface area contributed by atoms with Crippen molar-refractivity contribution in [3.05, 3.63) is 11.6 Å². The van der Waals surface area contributed by atoms with Gasteiger partial charge in [-0.3, -0.25) is 0 Å². The van der Waals surface area contributed by atoms with Gasteiger partial charge >= 0.3 is 0 Å². The molecule has 0 aliphatic heterocycles. The van der Waals surface area contributed by atoms with E-state index in [2.05, 4.69) is 32.2 Å². The molecule has 0 aromatic carbocycles. The highest BCUT2D eigenvalue weighted by atomic mass is 14.8. The van der Waals surface area contributed by atoms with Crippen LogP contribution in [0.2, 0.25) is 0 Å². The Bertz CT molecular complexity index is 94.9. The fourth-order valence-electron chi connectivity index (χ4n) is 0.913. The number of hydrogen-bond acceptors (Lipinski definition) is 1. The Morgan fingerprint density at radius 3 is 2.60 bits per heavy atom. The van der Waals surface area contributed by atoms with Gasteiger partial charge in [-0.05, 0) is 32.9 Å². The zero-order chi connectivity index (χ0) is 7.82. The van der Waals surface area contributed by atoms with Gasteiger partial charge in [-0.15, -0.1) is 0 Å². The molecule has 1 nitrogen and oxygen atoms in total. The summed E-state index contributed by atoms with van der Waals surface area (Å²) in [6.07, 6.45) is 4.65. The molecule has 0 aromatic heterocycles. The highest BCUT2D eigenvalue weighted by molar-refractivity contribution is 4.97. The van der Waals surface area contributed by atoms with Crippen molar-refractivity contribution in [2.75, 3.05) is 13.1 Å². The number of allylic oxidation sites excluding steroid dienone is 1. The van der Waals surface area contributed by atoms with Gasteiger partial charge in [0.1, 0.15) is 0 Å². The summed E-state index contributed by atoms with van der Waals surface area (Å²) in [4.78, 5) is 0. The van der Waals surface area contributed by atoms with Crippen LogP contribution in [-0.4, -0.2) is 13.1 Å². The van der Waals surface area contributed by atoms with Crippen molar-refractivity contribution in [3.8, 4) is 0 Å². The Morgan fingerprint density at radius 2 is 2.10 bits per heavy atom.